The second-order valence-electron chi connectivity index (χ2n) is 3.87. The highest BCUT2D eigenvalue weighted by atomic mass is 16.5. The van der Waals surface area contributed by atoms with Crippen molar-refractivity contribution in [2.45, 2.75) is 12.6 Å². The van der Waals surface area contributed by atoms with Gasteiger partial charge in [-0.1, -0.05) is 5.16 Å². The van der Waals surface area contributed by atoms with E-state index in [1.54, 1.807) is 6.20 Å². The van der Waals surface area contributed by atoms with E-state index in [2.05, 4.69) is 22.4 Å². The minimum absolute atomic E-state index is 0.284. The first-order valence-electron chi connectivity index (χ1n) is 5.25. The maximum absolute atomic E-state index is 5.62. The molecular weight excluding hydrogens is 194 g/mol. The normalized spacial score (nSPS) is 22.1. The minimum Gasteiger partial charge on any atom is -0.374 e. The van der Waals surface area contributed by atoms with Crippen LogP contribution in [0.15, 0.2) is 16.8 Å². The third-order valence-electron chi connectivity index (χ3n) is 2.44. The Balaban J connectivity index is 1.74. The molecule has 1 aromatic heterocycles. The molecule has 1 aromatic rings. The molecule has 1 fully saturated rings. The van der Waals surface area contributed by atoms with E-state index in [0.717, 1.165) is 38.5 Å². The summed E-state index contributed by atoms with van der Waals surface area (Å²) in [6, 6.07) is 1.89. The minimum atomic E-state index is 0.284. The number of aromatic nitrogens is 1. The van der Waals surface area contributed by atoms with Crippen molar-refractivity contribution < 1.29 is 9.26 Å². The molecule has 0 bridgehead atoms. The van der Waals surface area contributed by atoms with Crippen LogP contribution in [-0.2, 0) is 11.3 Å². The highest BCUT2D eigenvalue weighted by molar-refractivity contribution is 4.92. The van der Waals surface area contributed by atoms with Gasteiger partial charge in [0.05, 0.1) is 25.5 Å². The fourth-order valence-electron chi connectivity index (χ4n) is 1.74. The van der Waals surface area contributed by atoms with Crippen LogP contribution in [0.3, 0.4) is 0 Å². The van der Waals surface area contributed by atoms with Crippen molar-refractivity contribution in [2.24, 2.45) is 0 Å². The number of hydrogen-bond acceptors (Lipinski definition) is 5. The quantitative estimate of drug-likeness (QED) is 0.765. The van der Waals surface area contributed by atoms with Crippen LogP contribution < -0.4 is 5.32 Å². The Hall–Kier alpha value is -0.910. The highest BCUT2D eigenvalue weighted by Gasteiger charge is 2.15. The molecule has 1 aliphatic heterocycles. The zero-order valence-electron chi connectivity index (χ0n) is 8.98. The van der Waals surface area contributed by atoms with Crippen LogP contribution in [0, 0.1) is 0 Å². The third-order valence-corrected chi connectivity index (χ3v) is 2.44. The number of ether oxygens (including phenoxy) is 1. The fourth-order valence-corrected chi connectivity index (χ4v) is 1.74. The molecule has 0 radical (unpaired) electrons. The largest absolute Gasteiger partial charge is 0.374 e. The van der Waals surface area contributed by atoms with Gasteiger partial charge in [-0.2, -0.15) is 0 Å². The average molecular weight is 211 g/mol. The lowest BCUT2D eigenvalue weighted by Gasteiger charge is -2.27. The van der Waals surface area contributed by atoms with Gasteiger partial charge in [-0.3, -0.25) is 4.90 Å². The Morgan fingerprint density at radius 1 is 1.67 bits per heavy atom. The van der Waals surface area contributed by atoms with E-state index in [0.29, 0.717) is 0 Å². The van der Waals surface area contributed by atoms with Gasteiger partial charge in [0.2, 0.25) is 0 Å². The summed E-state index contributed by atoms with van der Waals surface area (Å²) in [5, 5.41) is 6.99. The Bertz CT molecular complexity index is 270. The summed E-state index contributed by atoms with van der Waals surface area (Å²) in [5.41, 5.74) is 0. The predicted molar refractivity (Wildman–Crippen MR) is 55.4 cm³/mol. The van der Waals surface area contributed by atoms with E-state index in [4.69, 9.17) is 9.26 Å². The average Bonchev–Trinajstić information content (AvgIpc) is 2.71. The van der Waals surface area contributed by atoms with Crippen LogP contribution in [0.1, 0.15) is 5.76 Å². The number of nitrogens with one attached hydrogen (secondary N) is 1. The van der Waals surface area contributed by atoms with Crippen LogP contribution in [0.4, 0.5) is 0 Å². The molecule has 1 N–H and O–H groups in total. The van der Waals surface area contributed by atoms with Crippen molar-refractivity contribution in [1.29, 1.82) is 0 Å². The molecule has 0 spiro atoms. The lowest BCUT2D eigenvalue weighted by Crippen LogP contribution is -2.44. The van der Waals surface area contributed by atoms with E-state index >= 15 is 0 Å². The second-order valence-corrected chi connectivity index (χ2v) is 3.87. The molecule has 0 aliphatic carbocycles. The summed E-state index contributed by atoms with van der Waals surface area (Å²) in [6.07, 6.45) is 1.95. The van der Waals surface area contributed by atoms with Crippen LogP contribution in [0.5, 0.6) is 0 Å². The van der Waals surface area contributed by atoms with E-state index in [9.17, 15) is 0 Å². The molecule has 1 aliphatic rings. The van der Waals surface area contributed by atoms with Crippen molar-refractivity contribution in [3.63, 3.8) is 0 Å². The number of nitrogens with zero attached hydrogens (tertiary/aromatic N) is 2. The molecule has 0 aromatic carbocycles. The van der Waals surface area contributed by atoms with Gasteiger partial charge in [-0.25, -0.2) is 0 Å². The zero-order chi connectivity index (χ0) is 10.5. The van der Waals surface area contributed by atoms with E-state index < -0.39 is 0 Å². The van der Waals surface area contributed by atoms with Gasteiger partial charge in [0.1, 0.15) is 0 Å². The van der Waals surface area contributed by atoms with Gasteiger partial charge in [-0.15, -0.1) is 0 Å². The van der Waals surface area contributed by atoms with Gasteiger partial charge < -0.3 is 14.6 Å². The first-order chi connectivity index (χ1) is 7.34. The molecule has 84 valence electrons. The molecule has 1 saturated heterocycles. The number of hydrogen-bond donors (Lipinski definition) is 1. The summed E-state index contributed by atoms with van der Waals surface area (Å²) in [5.74, 6) is 0.890. The number of likely N-dealkylation sites (N-methyl/N-ethyl adjacent to an activating group) is 1. The predicted octanol–water partition coefficient (Wildman–Crippen LogP) is 0.0948. The number of morpholine rings is 1. The van der Waals surface area contributed by atoms with Crippen molar-refractivity contribution in [1.82, 2.24) is 15.4 Å². The van der Waals surface area contributed by atoms with E-state index in [-0.39, 0.29) is 6.10 Å². The Kier molecular flexibility index (Phi) is 3.71. The first kappa shape index (κ1) is 10.6. The van der Waals surface area contributed by atoms with Crippen molar-refractivity contribution >= 4 is 0 Å². The van der Waals surface area contributed by atoms with Gasteiger partial charge in [-0.05, 0) is 7.05 Å². The maximum Gasteiger partial charge on any atom is 0.150 e. The molecule has 1 unspecified atom stereocenters. The third kappa shape index (κ3) is 3.30. The summed E-state index contributed by atoms with van der Waals surface area (Å²) in [4.78, 5) is 2.18. The van der Waals surface area contributed by atoms with Gasteiger partial charge in [0.25, 0.3) is 0 Å². The molecule has 5 heteroatoms. The molecular formula is C10H17N3O2. The lowest BCUT2D eigenvalue weighted by molar-refractivity contribution is 0.00772. The molecule has 1 atom stereocenters. The zero-order valence-corrected chi connectivity index (χ0v) is 8.98. The van der Waals surface area contributed by atoms with Crippen molar-refractivity contribution in [2.75, 3.05) is 33.3 Å². The smallest absolute Gasteiger partial charge is 0.150 e. The molecule has 2 rings (SSSR count). The standard InChI is InChI=1S/C10H17N3O2/c1-13(7-9-2-3-12-15-9)8-10-6-11-4-5-14-10/h2-3,10-11H,4-8H2,1H3. The monoisotopic (exact) mass is 211 g/mol. The fraction of sp³-hybridized carbons (Fsp3) is 0.700. The van der Waals surface area contributed by atoms with E-state index in [1.807, 2.05) is 6.07 Å². The van der Waals surface area contributed by atoms with Crippen LogP contribution in [0.25, 0.3) is 0 Å². The summed E-state index contributed by atoms with van der Waals surface area (Å²) in [6.45, 7) is 4.39. The van der Waals surface area contributed by atoms with Gasteiger partial charge in [0.15, 0.2) is 5.76 Å². The Morgan fingerprint density at radius 3 is 3.27 bits per heavy atom. The summed E-state index contributed by atoms with van der Waals surface area (Å²) < 4.78 is 10.7. The first-order valence-corrected chi connectivity index (χ1v) is 5.25. The van der Waals surface area contributed by atoms with Crippen LogP contribution in [-0.4, -0.2) is 49.4 Å². The number of rotatable bonds is 4. The molecule has 0 amide bonds. The maximum atomic E-state index is 5.62. The van der Waals surface area contributed by atoms with Gasteiger partial charge >= 0.3 is 0 Å². The summed E-state index contributed by atoms with van der Waals surface area (Å²) >= 11 is 0. The summed E-state index contributed by atoms with van der Waals surface area (Å²) in [7, 11) is 2.06. The van der Waals surface area contributed by atoms with Crippen molar-refractivity contribution in [3.8, 4) is 0 Å². The Labute approximate surface area is 89.4 Å². The molecule has 2 heterocycles. The van der Waals surface area contributed by atoms with E-state index in [1.165, 1.54) is 0 Å². The Morgan fingerprint density at radius 2 is 2.60 bits per heavy atom. The topological polar surface area (TPSA) is 50.5 Å². The van der Waals surface area contributed by atoms with Crippen LogP contribution in [0.2, 0.25) is 0 Å². The van der Waals surface area contributed by atoms with Gasteiger partial charge in [0, 0.05) is 25.7 Å². The lowest BCUT2D eigenvalue weighted by atomic mass is 10.3. The van der Waals surface area contributed by atoms with Crippen LogP contribution >= 0.6 is 0 Å². The molecule has 0 saturated carbocycles. The molecule has 5 nitrogen and oxygen atoms in total. The SMILES string of the molecule is CN(Cc1ccno1)CC1CNCCO1. The van der Waals surface area contributed by atoms with Crippen molar-refractivity contribution in [3.05, 3.63) is 18.0 Å². The second kappa shape index (κ2) is 5.25. The molecule has 15 heavy (non-hydrogen) atoms. The highest BCUT2D eigenvalue weighted by Crippen LogP contribution is 2.04.